The van der Waals surface area contributed by atoms with Crippen molar-refractivity contribution >= 4 is 11.5 Å². The fourth-order valence-corrected chi connectivity index (χ4v) is 2.26. The summed E-state index contributed by atoms with van der Waals surface area (Å²) in [5.74, 6) is 8.84. The Labute approximate surface area is 174 Å². The molecular weight excluding hydrogens is 419 g/mol. The number of aromatic nitrogens is 3. The van der Waals surface area contributed by atoms with Gasteiger partial charge in [0.15, 0.2) is 5.82 Å². The first-order chi connectivity index (χ1) is 14.7. The topological polar surface area (TPSA) is 170 Å². The van der Waals surface area contributed by atoms with Gasteiger partial charge in [-0.05, 0) is 23.8 Å². The molecule has 0 aliphatic rings. The Morgan fingerprint density at radius 3 is 2.26 bits per heavy atom. The first kappa shape index (κ1) is 23.6. The molecule has 0 atom stereocenters. The fourth-order valence-electron chi connectivity index (χ4n) is 2.26. The van der Waals surface area contributed by atoms with Crippen LogP contribution in [0.1, 0.15) is 11.1 Å². The molecule has 0 saturated carbocycles. The minimum Gasteiger partial charge on any atom is -0.476 e. The Bertz CT molecular complexity index is 972. The van der Waals surface area contributed by atoms with Crippen LogP contribution in [0.5, 0.6) is 17.5 Å². The smallest absolute Gasteiger partial charge is 0.416 e. The van der Waals surface area contributed by atoms with Gasteiger partial charge in [0.2, 0.25) is 11.8 Å². The van der Waals surface area contributed by atoms with Crippen LogP contribution in [0.4, 0.5) is 24.7 Å². The molecule has 0 aliphatic carbocycles. The van der Waals surface area contributed by atoms with E-state index in [1.807, 2.05) is 0 Å². The molecule has 0 unspecified atom stereocenters. The summed E-state index contributed by atoms with van der Waals surface area (Å²) in [4.78, 5) is 14.7. The van der Waals surface area contributed by atoms with E-state index >= 15 is 0 Å². The van der Waals surface area contributed by atoms with Gasteiger partial charge in [-0.2, -0.15) is 29.9 Å². The molecule has 10 nitrogen and oxygen atoms in total. The van der Waals surface area contributed by atoms with Crippen LogP contribution in [0.2, 0.25) is 0 Å². The lowest BCUT2D eigenvalue weighted by atomic mass is 10.1. The Morgan fingerprint density at radius 1 is 0.935 bits per heavy atom. The number of anilines is 2. The van der Waals surface area contributed by atoms with E-state index in [1.54, 1.807) is 24.3 Å². The molecule has 0 aliphatic heterocycles. The van der Waals surface area contributed by atoms with Gasteiger partial charge < -0.3 is 20.9 Å². The SMILES string of the molecule is NON.Nc1ncnc(OCCc2ccc(Oc3cc(C(F)(F)F)ccn3)cc2)c1N. The number of pyridine rings is 1. The molecule has 0 fully saturated rings. The molecule has 2 aromatic heterocycles. The van der Waals surface area contributed by atoms with Crippen molar-refractivity contribution in [2.45, 2.75) is 12.6 Å². The number of nitrogens with zero attached hydrogens (tertiary/aromatic N) is 3. The van der Waals surface area contributed by atoms with Crippen molar-refractivity contribution in [2.75, 3.05) is 18.1 Å². The maximum absolute atomic E-state index is 12.7. The van der Waals surface area contributed by atoms with Crippen molar-refractivity contribution in [1.29, 1.82) is 0 Å². The van der Waals surface area contributed by atoms with Crippen molar-refractivity contribution < 1.29 is 27.6 Å². The highest BCUT2D eigenvalue weighted by molar-refractivity contribution is 5.63. The predicted molar refractivity (Wildman–Crippen MR) is 105 cm³/mol. The van der Waals surface area contributed by atoms with Crippen LogP contribution in [-0.4, -0.2) is 21.6 Å². The van der Waals surface area contributed by atoms with E-state index in [0.29, 0.717) is 18.8 Å². The number of alkyl halides is 3. The molecule has 3 aromatic rings. The molecular formula is C18H20F3N7O3. The number of ether oxygens (including phenoxy) is 2. The van der Waals surface area contributed by atoms with Crippen LogP contribution >= 0.6 is 0 Å². The summed E-state index contributed by atoms with van der Waals surface area (Å²) in [5, 5.41) is 0. The summed E-state index contributed by atoms with van der Waals surface area (Å²) in [6.07, 6.45) is -1.60. The summed E-state index contributed by atoms with van der Waals surface area (Å²) >= 11 is 0. The van der Waals surface area contributed by atoms with Gasteiger partial charge in [0, 0.05) is 18.7 Å². The minimum absolute atomic E-state index is 0.136. The standard InChI is InChI=1S/C18H16F3N5O2.H4N2O/c19-18(20,21)12-5-7-24-14(9-12)28-13-3-1-11(2-4-13)6-8-27-17-15(22)16(23)25-10-26-17;1-3-2/h1-5,7,9-10H,6,8,22H2,(H2,23,25,26);1-2H2. The second-order valence-corrected chi connectivity index (χ2v) is 5.84. The zero-order chi connectivity index (χ0) is 22.9. The molecule has 166 valence electrons. The van der Waals surface area contributed by atoms with Gasteiger partial charge in [0.25, 0.3) is 0 Å². The Hall–Kier alpha value is -3.68. The van der Waals surface area contributed by atoms with Crippen molar-refractivity contribution in [1.82, 2.24) is 15.0 Å². The average Bonchev–Trinajstić information content (AvgIpc) is 2.73. The van der Waals surface area contributed by atoms with Crippen LogP contribution < -0.4 is 32.7 Å². The molecule has 2 heterocycles. The van der Waals surface area contributed by atoms with Crippen LogP contribution in [-0.2, 0) is 17.5 Å². The third-order valence-corrected chi connectivity index (χ3v) is 3.72. The first-order valence-electron chi connectivity index (χ1n) is 8.59. The van der Waals surface area contributed by atoms with Gasteiger partial charge in [-0.1, -0.05) is 12.1 Å². The number of benzene rings is 1. The molecule has 0 amide bonds. The van der Waals surface area contributed by atoms with Crippen LogP contribution in [0.25, 0.3) is 0 Å². The molecule has 1 aromatic carbocycles. The zero-order valence-corrected chi connectivity index (χ0v) is 16.0. The lowest BCUT2D eigenvalue weighted by Crippen LogP contribution is -2.07. The number of halogens is 3. The van der Waals surface area contributed by atoms with Gasteiger partial charge in [0.05, 0.1) is 12.2 Å². The van der Waals surface area contributed by atoms with Crippen molar-refractivity contribution in [3.8, 4) is 17.5 Å². The number of nitrogens with two attached hydrogens (primary N) is 4. The third-order valence-electron chi connectivity index (χ3n) is 3.72. The van der Waals surface area contributed by atoms with E-state index in [9.17, 15) is 13.2 Å². The van der Waals surface area contributed by atoms with Crippen molar-refractivity contribution in [3.05, 3.63) is 60.0 Å². The van der Waals surface area contributed by atoms with Crippen molar-refractivity contribution in [2.24, 2.45) is 11.8 Å². The minimum atomic E-state index is -4.46. The number of nitrogen functional groups attached to an aromatic ring is 2. The molecule has 8 N–H and O–H groups in total. The van der Waals surface area contributed by atoms with E-state index in [0.717, 1.165) is 23.9 Å². The molecule has 0 bridgehead atoms. The summed E-state index contributed by atoms with van der Waals surface area (Å²) in [6, 6.07) is 8.53. The van der Waals surface area contributed by atoms with Crippen molar-refractivity contribution in [3.63, 3.8) is 0 Å². The second kappa shape index (κ2) is 10.9. The molecule has 31 heavy (non-hydrogen) atoms. The van der Waals surface area contributed by atoms with E-state index in [4.69, 9.17) is 20.9 Å². The second-order valence-electron chi connectivity index (χ2n) is 5.84. The van der Waals surface area contributed by atoms with Gasteiger partial charge in [-0.25, -0.2) is 14.9 Å². The number of hydrogen-bond acceptors (Lipinski definition) is 10. The lowest BCUT2D eigenvalue weighted by molar-refractivity contribution is -0.137. The maximum atomic E-state index is 12.7. The molecule has 0 spiro atoms. The highest BCUT2D eigenvalue weighted by Gasteiger charge is 2.31. The van der Waals surface area contributed by atoms with E-state index in [-0.39, 0.29) is 23.3 Å². The van der Waals surface area contributed by atoms with E-state index in [2.05, 4.69) is 31.7 Å². The summed E-state index contributed by atoms with van der Waals surface area (Å²) < 4.78 is 49.1. The highest BCUT2D eigenvalue weighted by Crippen LogP contribution is 2.31. The summed E-state index contributed by atoms with van der Waals surface area (Å²) in [6.45, 7) is 0.302. The first-order valence-corrected chi connectivity index (χ1v) is 8.59. The van der Waals surface area contributed by atoms with Crippen LogP contribution in [0.15, 0.2) is 48.9 Å². The van der Waals surface area contributed by atoms with Gasteiger partial charge >= 0.3 is 6.18 Å². The Kier molecular flexibility index (Phi) is 8.31. The van der Waals surface area contributed by atoms with Gasteiger partial charge in [-0.15, -0.1) is 0 Å². The largest absolute Gasteiger partial charge is 0.476 e. The molecule has 3 rings (SSSR count). The average molecular weight is 439 g/mol. The third kappa shape index (κ3) is 7.26. The quantitative estimate of drug-likeness (QED) is 0.417. The fraction of sp³-hybridized carbons (Fsp3) is 0.167. The predicted octanol–water partition coefficient (Wildman–Crippen LogP) is 2.22. The van der Waals surface area contributed by atoms with E-state index < -0.39 is 11.7 Å². The van der Waals surface area contributed by atoms with E-state index in [1.165, 1.54) is 6.33 Å². The number of hydrogen-bond donors (Lipinski definition) is 4. The van der Waals surface area contributed by atoms with Gasteiger partial charge in [0.1, 0.15) is 17.8 Å². The molecule has 0 saturated heterocycles. The normalized spacial score (nSPS) is 10.7. The Balaban J connectivity index is 0.00000107. The van der Waals surface area contributed by atoms with Crippen LogP contribution in [0.3, 0.4) is 0 Å². The zero-order valence-electron chi connectivity index (χ0n) is 16.0. The maximum Gasteiger partial charge on any atom is 0.416 e. The monoisotopic (exact) mass is 439 g/mol. The lowest BCUT2D eigenvalue weighted by Gasteiger charge is -2.10. The molecule has 13 heteroatoms. The van der Waals surface area contributed by atoms with Gasteiger partial charge in [-0.3, -0.25) is 0 Å². The summed E-state index contributed by atoms with van der Waals surface area (Å²) in [5.41, 5.74) is 11.6. The summed E-state index contributed by atoms with van der Waals surface area (Å²) in [7, 11) is 0. The van der Waals surface area contributed by atoms with Crippen LogP contribution in [0, 0.1) is 0 Å². The molecule has 0 radical (unpaired) electrons. The number of rotatable bonds is 6. The highest BCUT2D eigenvalue weighted by atomic mass is 19.4. The Morgan fingerprint density at radius 2 is 1.61 bits per heavy atom.